The summed E-state index contributed by atoms with van der Waals surface area (Å²) in [5.41, 5.74) is 6.15. The highest BCUT2D eigenvalue weighted by molar-refractivity contribution is 9.10. The maximum absolute atomic E-state index is 13.3. The molecule has 94 valence electrons. The molecule has 6 heteroatoms. The van der Waals surface area contributed by atoms with Gasteiger partial charge >= 0.3 is 0 Å². The molecule has 0 saturated heterocycles. The molecule has 1 aromatic carbocycles. The Morgan fingerprint density at radius 3 is 2.78 bits per heavy atom. The number of nitrogens with two attached hydrogens (primary N) is 1. The van der Waals surface area contributed by atoms with Crippen molar-refractivity contribution in [1.29, 1.82) is 0 Å². The summed E-state index contributed by atoms with van der Waals surface area (Å²) in [4.78, 5) is 4.32. The van der Waals surface area contributed by atoms with E-state index in [0.29, 0.717) is 28.3 Å². The van der Waals surface area contributed by atoms with Crippen molar-refractivity contribution in [2.75, 3.05) is 6.54 Å². The number of nitrogens with zero attached hydrogens (tertiary/aromatic N) is 2. The van der Waals surface area contributed by atoms with E-state index in [0.717, 1.165) is 12.8 Å². The molecule has 3 rings (SSSR count). The van der Waals surface area contributed by atoms with E-state index in [9.17, 15) is 4.39 Å². The zero-order chi connectivity index (χ0) is 12.8. The second-order valence-electron chi connectivity index (χ2n) is 4.57. The minimum absolute atomic E-state index is 0.143. The van der Waals surface area contributed by atoms with Gasteiger partial charge in [0.25, 0.3) is 0 Å². The van der Waals surface area contributed by atoms with E-state index in [2.05, 4.69) is 26.1 Å². The van der Waals surface area contributed by atoms with Crippen LogP contribution in [-0.4, -0.2) is 16.7 Å². The molecule has 1 aliphatic carbocycles. The number of hydrogen-bond donors (Lipinski definition) is 1. The fourth-order valence-corrected chi connectivity index (χ4v) is 2.36. The molecule has 0 bridgehead atoms. The van der Waals surface area contributed by atoms with Crippen LogP contribution >= 0.6 is 15.9 Å². The largest absolute Gasteiger partial charge is 0.338 e. The number of hydrogen-bond acceptors (Lipinski definition) is 4. The molecule has 18 heavy (non-hydrogen) atoms. The van der Waals surface area contributed by atoms with Crippen LogP contribution in [0.15, 0.2) is 27.2 Å². The molecule has 1 fully saturated rings. The summed E-state index contributed by atoms with van der Waals surface area (Å²) in [5, 5.41) is 3.89. The lowest BCUT2D eigenvalue weighted by molar-refractivity contribution is 0.347. The van der Waals surface area contributed by atoms with E-state index >= 15 is 0 Å². The molecule has 4 nitrogen and oxygen atoms in total. The highest BCUT2D eigenvalue weighted by Crippen LogP contribution is 2.46. The van der Waals surface area contributed by atoms with E-state index in [1.807, 2.05) is 0 Å². The standard InChI is InChI=1S/C12H11BrFN3O/c13-8-3-7(4-9(14)5-8)10-16-11(18-17-10)12(6-15)1-2-12/h3-5H,1-2,6,15H2. The SMILES string of the molecule is NCC1(c2nc(-c3cc(F)cc(Br)c3)no2)CC1. The Morgan fingerprint density at radius 1 is 1.39 bits per heavy atom. The molecule has 0 atom stereocenters. The molecule has 1 aromatic heterocycles. The van der Waals surface area contributed by atoms with Gasteiger partial charge in [-0.3, -0.25) is 0 Å². The zero-order valence-electron chi connectivity index (χ0n) is 9.49. The predicted molar refractivity (Wildman–Crippen MR) is 67.4 cm³/mol. The highest BCUT2D eigenvalue weighted by Gasteiger charge is 2.48. The molecular weight excluding hydrogens is 301 g/mol. The lowest BCUT2D eigenvalue weighted by Crippen LogP contribution is -2.19. The topological polar surface area (TPSA) is 64.9 Å². The van der Waals surface area contributed by atoms with Gasteiger partial charge in [-0.1, -0.05) is 21.1 Å². The first-order chi connectivity index (χ1) is 8.63. The van der Waals surface area contributed by atoms with E-state index in [4.69, 9.17) is 10.3 Å². The van der Waals surface area contributed by atoms with Crippen LogP contribution in [0.1, 0.15) is 18.7 Å². The van der Waals surface area contributed by atoms with Crippen LogP contribution < -0.4 is 5.73 Å². The molecule has 1 aliphatic rings. The maximum Gasteiger partial charge on any atom is 0.234 e. The van der Waals surface area contributed by atoms with Crippen LogP contribution in [0, 0.1) is 5.82 Å². The molecule has 0 unspecified atom stereocenters. The van der Waals surface area contributed by atoms with Crippen LogP contribution in [0.5, 0.6) is 0 Å². The van der Waals surface area contributed by atoms with Gasteiger partial charge in [0.05, 0.1) is 5.41 Å². The number of aromatic nitrogens is 2. The second-order valence-corrected chi connectivity index (χ2v) is 5.48. The van der Waals surface area contributed by atoms with Crippen LogP contribution in [0.2, 0.25) is 0 Å². The van der Waals surface area contributed by atoms with Crippen molar-refractivity contribution in [1.82, 2.24) is 10.1 Å². The lowest BCUT2D eigenvalue weighted by Gasteiger charge is -2.03. The first-order valence-electron chi connectivity index (χ1n) is 5.64. The van der Waals surface area contributed by atoms with Gasteiger partial charge in [-0.05, 0) is 31.0 Å². The Morgan fingerprint density at radius 2 is 2.17 bits per heavy atom. The fourth-order valence-electron chi connectivity index (χ4n) is 1.90. The van der Waals surface area contributed by atoms with E-state index in [-0.39, 0.29) is 11.2 Å². The van der Waals surface area contributed by atoms with Crippen molar-refractivity contribution in [3.05, 3.63) is 34.4 Å². The highest BCUT2D eigenvalue weighted by atomic mass is 79.9. The van der Waals surface area contributed by atoms with E-state index in [1.165, 1.54) is 12.1 Å². The Labute approximate surface area is 112 Å². The van der Waals surface area contributed by atoms with Crippen LogP contribution in [-0.2, 0) is 5.41 Å². The third-order valence-electron chi connectivity index (χ3n) is 3.24. The maximum atomic E-state index is 13.3. The Bertz CT molecular complexity index is 575. The smallest absolute Gasteiger partial charge is 0.234 e. The lowest BCUT2D eigenvalue weighted by atomic mass is 10.1. The minimum atomic E-state index is -0.342. The monoisotopic (exact) mass is 311 g/mol. The van der Waals surface area contributed by atoms with Gasteiger partial charge < -0.3 is 10.3 Å². The normalized spacial score (nSPS) is 16.8. The molecule has 0 amide bonds. The molecular formula is C12H11BrFN3O. The van der Waals surface area contributed by atoms with Crippen LogP contribution in [0.3, 0.4) is 0 Å². The van der Waals surface area contributed by atoms with Crippen molar-refractivity contribution in [3.8, 4) is 11.4 Å². The van der Waals surface area contributed by atoms with Crippen molar-refractivity contribution in [3.63, 3.8) is 0 Å². The Kier molecular flexibility index (Phi) is 2.71. The van der Waals surface area contributed by atoms with Crippen molar-refractivity contribution < 1.29 is 8.91 Å². The molecule has 1 saturated carbocycles. The third-order valence-corrected chi connectivity index (χ3v) is 3.70. The summed E-state index contributed by atoms with van der Waals surface area (Å²) in [6.07, 6.45) is 1.94. The minimum Gasteiger partial charge on any atom is -0.338 e. The van der Waals surface area contributed by atoms with E-state index in [1.54, 1.807) is 6.07 Å². The first kappa shape index (κ1) is 11.8. The molecule has 0 aliphatic heterocycles. The first-order valence-corrected chi connectivity index (χ1v) is 6.43. The quantitative estimate of drug-likeness (QED) is 0.946. The molecule has 0 radical (unpaired) electrons. The Balaban J connectivity index is 1.98. The summed E-state index contributed by atoms with van der Waals surface area (Å²) in [5.74, 6) is 0.607. The summed E-state index contributed by atoms with van der Waals surface area (Å²) in [7, 11) is 0. The van der Waals surface area contributed by atoms with Gasteiger partial charge in [0.2, 0.25) is 11.7 Å². The Hall–Kier alpha value is -1.27. The molecule has 1 heterocycles. The van der Waals surface area contributed by atoms with Gasteiger partial charge in [0.15, 0.2) is 0 Å². The average molecular weight is 312 g/mol. The van der Waals surface area contributed by atoms with E-state index < -0.39 is 0 Å². The van der Waals surface area contributed by atoms with Gasteiger partial charge in [-0.2, -0.15) is 4.98 Å². The van der Waals surface area contributed by atoms with Crippen molar-refractivity contribution in [2.45, 2.75) is 18.3 Å². The average Bonchev–Trinajstić information content (AvgIpc) is 2.97. The predicted octanol–water partition coefficient (Wildman–Crippen LogP) is 2.63. The zero-order valence-corrected chi connectivity index (χ0v) is 11.1. The van der Waals surface area contributed by atoms with Crippen LogP contribution in [0.4, 0.5) is 4.39 Å². The fraction of sp³-hybridized carbons (Fsp3) is 0.333. The second kappa shape index (κ2) is 4.13. The van der Waals surface area contributed by atoms with Gasteiger partial charge in [0, 0.05) is 16.6 Å². The third kappa shape index (κ3) is 1.95. The summed E-state index contributed by atoms with van der Waals surface area (Å²) >= 11 is 3.24. The number of benzene rings is 1. The summed E-state index contributed by atoms with van der Waals surface area (Å²) in [6.45, 7) is 0.501. The summed E-state index contributed by atoms with van der Waals surface area (Å²) < 4.78 is 19.2. The summed E-state index contributed by atoms with van der Waals surface area (Å²) in [6, 6.07) is 4.51. The van der Waals surface area contributed by atoms with Crippen LogP contribution in [0.25, 0.3) is 11.4 Å². The number of halogens is 2. The molecule has 2 aromatic rings. The molecule has 2 N–H and O–H groups in total. The number of rotatable bonds is 3. The van der Waals surface area contributed by atoms with Gasteiger partial charge in [-0.15, -0.1) is 0 Å². The van der Waals surface area contributed by atoms with Crippen molar-refractivity contribution in [2.24, 2.45) is 5.73 Å². The van der Waals surface area contributed by atoms with Gasteiger partial charge in [0.1, 0.15) is 5.82 Å². The van der Waals surface area contributed by atoms with Gasteiger partial charge in [-0.25, -0.2) is 4.39 Å². The molecule has 0 spiro atoms. The van der Waals surface area contributed by atoms with Crippen molar-refractivity contribution >= 4 is 15.9 Å².